The van der Waals surface area contributed by atoms with Crippen LogP contribution >= 0.6 is 0 Å². The Hall–Kier alpha value is -1.17. The molecular formula is C15H20FNO3. The summed E-state index contributed by atoms with van der Waals surface area (Å²) >= 11 is 0. The SMILES string of the molecule is Fc1cc(C2CNCCO2)ccc1OC1CCOCC1. The zero-order chi connectivity index (χ0) is 13.8. The quantitative estimate of drug-likeness (QED) is 0.920. The lowest BCUT2D eigenvalue weighted by molar-refractivity contribution is 0.0230. The zero-order valence-corrected chi connectivity index (χ0v) is 11.4. The second-order valence-corrected chi connectivity index (χ2v) is 5.18. The third-order valence-corrected chi connectivity index (χ3v) is 3.72. The summed E-state index contributed by atoms with van der Waals surface area (Å²) in [4.78, 5) is 0. The fourth-order valence-electron chi connectivity index (χ4n) is 2.57. The average Bonchev–Trinajstić information content (AvgIpc) is 2.51. The first-order valence-corrected chi connectivity index (χ1v) is 7.19. The van der Waals surface area contributed by atoms with E-state index in [-0.39, 0.29) is 18.0 Å². The second-order valence-electron chi connectivity index (χ2n) is 5.18. The van der Waals surface area contributed by atoms with E-state index in [1.165, 1.54) is 6.07 Å². The van der Waals surface area contributed by atoms with E-state index in [9.17, 15) is 4.39 Å². The van der Waals surface area contributed by atoms with Gasteiger partial charge in [0, 0.05) is 25.9 Å². The van der Waals surface area contributed by atoms with Crippen molar-refractivity contribution in [1.82, 2.24) is 5.32 Å². The van der Waals surface area contributed by atoms with Crippen molar-refractivity contribution >= 4 is 0 Å². The molecule has 110 valence electrons. The van der Waals surface area contributed by atoms with Crippen molar-refractivity contribution in [3.05, 3.63) is 29.6 Å². The maximum atomic E-state index is 14.1. The number of hydrogen-bond donors (Lipinski definition) is 1. The van der Waals surface area contributed by atoms with Crippen molar-refractivity contribution in [3.63, 3.8) is 0 Å². The molecule has 5 heteroatoms. The maximum Gasteiger partial charge on any atom is 0.165 e. The molecule has 2 aliphatic rings. The lowest BCUT2D eigenvalue weighted by atomic mass is 10.1. The number of nitrogens with one attached hydrogen (secondary N) is 1. The molecule has 1 N–H and O–H groups in total. The van der Waals surface area contributed by atoms with E-state index in [1.54, 1.807) is 6.07 Å². The molecule has 1 aromatic rings. The van der Waals surface area contributed by atoms with E-state index in [0.29, 0.717) is 25.6 Å². The molecule has 2 saturated heterocycles. The Balaban J connectivity index is 1.66. The van der Waals surface area contributed by atoms with Gasteiger partial charge in [0.1, 0.15) is 6.10 Å². The van der Waals surface area contributed by atoms with Crippen molar-refractivity contribution in [2.24, 2.45) is 0 Å². The minimum absolute atomic E-state index is 0.0525. The van der Waals surface area contributed by atoms with Gasteiger partial charge < -0.3 is 19.5 Å². The van der Waals surface area contributed by atoms with Gasteiger partial charge in [-0.05, 0) is 17.7 Å². The molecule has 20 heavy (non-hydrogen) atoms. The van der Waals surface area contributed by atoms with Gasteiger partial charge in [-0.2, -0.15) is 0 Å². The van der Waals surface area contributed by atoms with Crippen LogP contribution in [-0.2, 0) is 9.47 Å². The van der Waals surface area contributed by atoms with Crippen LogP contribution in [0.5, 0.6) is 5.75 Å². The molecule has 0 saturated carbocycles. The second kappa shape index (κ2) is 6.52. The Morgan fingerprint density at radius 3 is 2.75 bits per heavy atom. The van der Waals surface area contributed by atoms with Crippen LogP contribution in [0.25, 0.3) is 0 Å². The van der Waals surface area contributed by atoms with E-state index < -0.39 is 0 Å². The third kappa shape index (κ3) is 3.29. The first-order chi connectivity index (χ1) is 9.83. The molecule has 0 amide bonds. The van der Waals surface area contributed by atoms with Crippen LogP contribution < -0.4 is 10.1 Å². The van der Waals surface area contributed by atoms with Gasteiger partial charge in [0.2, 0.25) is 0 Å². The van der Waals surface area contributed by atoms with Crippen LogP contribution in [0.4, 0.5) is 4.39 Å². The monoisotopic (exact) mass is 281 g/mol. The maximum absolute atomic E-state index is 14.1. The highest BCUT2D eigenvalue weighted by molar-refractivity contribution is 5.31. The molecule has 1 atom stereocenters. The lowest BCUT2D eigenvalue weighted by Crippen LogP contribution is -2.33. The largest absolute Gasteiger partial charge is 0.487 e. The van der Waals surface area contributed by atoms with Gasteiger partial charge in [0.05, 0.1) is 25.9 Å². The Bertz CT molecular complexity index is 443. The highest BCUT2D eigenvalue weighted by atomic mass is 19.1. The predicted molar refractivity (Wildman–Crippen MR) is 72.4 cm³/mol. The van der Waals surface area contributed by atoms with E-state index in [4.69, 9.17) is 14.2 Å². The molecule has 0 bridgehead atoms. The zero-order valence-electron chi connectivity index (χ0n) is 11.4. The highest BCUT2D eigenvalue weighted by Gasteiger charge is 2.20. The summed E-state index contributed by atoms with van der Waals surface area (Å²) in [6.07, 6.45) is 1.61. The average molecular weight is 281 g/mol. The Morgan fingerprint density at radius 2 is 2.05 bits per heavy atom. The lowest BCUT2D eigenvalue weighted by Gasteiger charge is -2.25. The molecule has 1 aromatic carbocycles. The van der Waals surface area contributed by atoms with Gasteiger partial charge in [0.15, 0.2) is 11.6 Å². The van der Waals surface area contributed by atoms with Crippen molar-refractivity contribution < 1.29 is 18.6 Å². The van der Waals surface area contributed by atoms with Crippen molar-refractivity contribution in [2.75, 3.05) is 32.9 Å². The smallest absolute Gasteiger partial charge is 0.165 e. The summed E-state index contributed by atoms with van der Waals surface area (Å²) in [5, 5.41) is 3.24. The molecule has 0 spiro atoms. The molecule has 4 nitrogen and oxygen atoms in total. The first kappa shape index (κ1) is 13.8. The normalized spacial score (nSPS) is 24.6. The molecule has 1 unspecified atom stereocenters. The number of hydrogen-bond acceptors (Lipinski definition) is 4. The minimum Gasteiger partial charge on any atom is -0.487 e. The predicted octanol–water partition coefficient (Wildman–Crippen LogP) is 2.04. The van der Waals surface area contributed by atoms with E-state index in [2.05, 4.69) is 5.32 Å². The summed E-state index contributed by atoms with van der Waals surface area (Å²) in [5.41, 5.74) is 0.856. The number of ether oxygens (including phenoxy) is 3. The topological polar surface area (TPSA) is 39.7 Å². The number of morpholine rings is 1. The van der Waals surface area contributed by atoms with E-state index >= 15 is 0 Å². The molecule has 0 aliphatic carbocycles. The molecule has 2 heterocycles. The summed E-state index contributed by atoms with van der Waals surface area (Å²) in [6.45, 7) is 3.61. The summed E-state index contributed by atoms with van der Waals surface area (Å²) in [5.74, 6) is 0.00702. The Labute approximate surface area is 118 Å². The fourth-order valence-corrected chi connectivity index (χ4v) is 2.57. The molecule has 0 aromatic heterocycles. The van der Waals surface area contributed by atoms with Crippen LogP contribution in [0.15, 0.2) is 18.2 Å². The number of benzene rings is 1. The minimum atomic E-state index is -0.317. The van der Waals surface area contributed by atoms with Gasteiger partial charge in [-0.15, -0.1) is 0 Å². The van der Waals surface area contributed by atoms with Crippen LogP contribution in [-0.4, -0.2) is 39.0 Å². The highest BCUT2D eigenvalue weighted by Crippen LogP contribution is 2.26. The van der Waals surface area contributed by atoms with Gasteiger partial charge in [-0.3, -0.25) is 0 Å². The molecule has 2 aliphatic heterocycles. The van der Waals surface area contributed by atoms with Crippen molar-refractivity contribution in [2.45, 2.75) is 25.0 Å². The molecule has 2 fully saturated rings. The van der Waals surface area contributed by atoms with Crippen LogP contribution in [0.2, 0.25) is 0 Å². The van der Waals surface area contributed by atoms with Gasteiger partial charge >= 0.3 is 0 Å². The Kier molecular flexibility index (Phi) is 4.50. The van der Waals surface area contributed by atoms with Crippen LogP contribution in [0.3, 0.4) is 0 Å². The van der Waals surface area contributed by atoms with E-state index in [1.807, 2.05) is 6.07 Å². The van der Waals surface area contributed by atoms with Crippen molar-refractivity contribution in [3.8, 4) is 5.75 Å². The van der Waals surface area contributed by atoms with Gasteiger partial charge in [-0.1, -0.05) is 6.07 Å². The summed E-state index contributed by atoms with van der Waals surface area (Å²) in [7, 11) is 0. The standard InChI is InChI=1S/C15H20FNO3/c16-13-9-11(15-10-17-5-8-19-15)1-2-14(13)20-12-3-6-18-7-4-12/h1-2,9,12,15,17H,3-8,10H2. The summed E-state index contributed by atoms with van der Waals surface area (Å²) in [6, 6.07) is 5.11. The number of rotatable bonds is 3. The first-order valence-electron chi connectivity index (χ1n) is 7.19. The van der Waals surface area contributed by atoms with Crippen LogP contribution in [0, 0.1) is 5.82 Å². The Morgan fingerprint density at radius 1 is 1.20 bits per heavy atom. The fraction of sp³-hybridized carbons (Fsp3) is 0.600. The third-order valence-electron chi connectivity index (χ3n) is 3.72. The van der Waals surface area contributed by atoms with Crippen LogP contribution in [0.1, 0.15) is 24.5 Å². The molecule has 3 rings (SSSR count). The molecular weight excluding hydrogens is 261 g/mol. The van der Waals surface area contributed by atoms with Gasteiger partial charge in [0.25, 0.3) is 0 Å². The summed E-state index contributed by atoms with van der Waals surface area (Å²) < 4.78 is 30.7. The number of halogens is 1. The molecule has 0 radical (unpaired) electrons. The van der Waals surface area contributed by atoms with Gasteiger partial charge in [-0.25, -0.2) is 4.39 Å². The van der Waals surface area contributed by atoms with E-state index in [0.717, 1.165) is 31.5 Å². The van der Waals surface area contributed by atoms with Crippen molar-refractivity contribution in [1.29, 1.82) is 0 Å².